The van der Waals surface area contributed by atoms with E-state index in [9.17, 15) is 9.18 Å². The van der Waals surface area contributed by atoms with E-state index in [1.54, 1.807) is 6.07 Å². The molecule has 2 aromatic carbocycles. The first kappa shape index (κ1) is 17.0. The number of halogens is 1. The van der Waals surface area contributed by atoms with Gasteiger partial charge in [0.25, 0.3) is 0 Å². The minimum atomic E-state index is -0.254. The Kier molecular flexibility index (Phi) is 5.33. The molecule has 4 nitrogen and oxygen atoms in total. The van der Waals surface area contributed by atoms with E-state index in [-0.39, 0.29) is 11.8 Å². The van der Waals surface area contributed by atoms with Crippen LogP contribution in [-0.4, -0.2) is 24.1 Å². The largest absolute Gasteiger partial charge is 0.358 e. The van der Waals surface area contributed by atoms with Crippen molar-refractivity contribution in [1.82, 2.24) is 15.6 Å². The van der Waals surface area contributed by atoms with Gasteiger partial charge in [-0.05, 0) is 49.1 Å². The number of amides is 2. The molecule has 3 aromatic rings. The maximum Gasteiger partial charge on any atom is 0.314 e. The van der Waals surface area contributed by atoms with Gasteiger partial charge in [-0.15, -0.1) is 0 Å². The summed E-state index contributed by atoms with van der Waals surface area (Å²) in [6, 6.07) is 14.4. The molecule has 25 heavy (non-hydrogen) atoms. The average Bonchev–Trinajstić information content (AvgIpc) is 2.91. The van der Waals surface area contributed by atoms with Gasteiger partial charge in [0.05, 0.1) is 0 Å². The molecule has 0 bridgehead atoms. The highest BCUT2D eigenvalue weighted by Crippen LogP contribution is 2.21. The molecule has 0 fully saturated rings. The van der Waals surface area contributed by atoms with Crippen LogP contribution in [0.3, 0.4) is 0 Å². The molecule has 130 valence electrons. The highest BCUT2D eigenvalue weighted by molar-refractivity contribution is 5.84. The van der Waals surface area contributed by atoms with Crippen LogP contribution < -0.4 is 10.6 Å². The number of hydrogen-bond donors (Lipinski definition) is 3. The maximum atomic E-state index is 13.1. The summed E-state index contributed by atoms with van der Waals surface area (Å²) in [6.07, 6.45) is 1.37. The Morgan fingerprint density at radius 2 is 1.80 bits per heavy atom. The van der Waals surface area contributed by atoms with E-state index >= 15 is 0 Å². The molecule has 2 amide bonds. The number of para-hydroxylation sites is 1. The highest BCUT2D eigenvalue weighted by atomic mass is 19.1. The van der Waals surface area contributed by atoms with Crippen molar-refractivity contribution in [3.8, 4) is 0 Å². The number of carbonyl (C=O) groups is 1. The first-order chi connectivity index (χ1) is 12.1. The fraction of sp³-hybridized carbons (Fsp3) is 0.250. The molecular weight excluding hydrogens is 317 g/mol. The zero-order chi connectivity index (χ0) is 17.6. The Balaban J connectivity index is 1.44. The highest BCUT2D eigenvalue weighted by Gasteiger charge is 2.08. The summed E-state index contributed by atoms with van der Waals surface area (Å²) in [5.74, 6) is -0.254. The Morgan fingerprint density at radius 1 is 1.04 bits per heavy atom. The average molecular weight is 339 g/mol. The molecule has 0 atom stereocenters. The predicted octanol–water partition coefficient (Wildman–Crippen LogP) is 3.70. The van der Waals surface area contributed by atoms with Crippen LogP contribution in [0, 0.1) is 12.7 Å². The smallest absolute Gasteiger partial charge is 0.314 e. The fourth-order valence-electron chi connectivity index (χ4n) is 3.03. The monoisotopic (exact) mass is 339 g/mol. The molecule has 5 heteroatoms. The summed E-state index contributed by atoms with van der Waals surface area (Å²) in [6.45, 7) is 3.09. The third kappa shape index (κ3) is 4.38. The molecule has 0 spiro atoms. The molecular formula is C20H22FN3O. The summed E-state index contributed by atoms with van der Waals surface area (Å²) < 4.78 is 13.1. The molecule has 0 aliphatic rings. The van der Waals surface area contributed by atoms with Gasteiger partial charge in [0.15, 0.2) is 0 Å². The third-order valence-corrected chi connectivity index (χ3v) is 4.28. The number of fused-ring (bicyclic) bond motifs is 1. The predicted molar refractivity (Wildman–Crippen MR) is 98.2 cm³/mol. The van der Waals surface area contributed by atoms with E-state index < -0.39 is 0 Å². The second kappa shape index (κ2) is 7.83. The van der Waals surface area contributed by atoms with Crippen molar-refractivity contribution in [3.05, 3.63) is 71.2 Å². The normalized spacial score (nSPS) is 10.8. The number of aryl methyl sites for hydroxylation is 1. The number of rotatable bonds is 6. The number of aromatic nitrogens is 1. The van der Waals surface area contributed by atoms with E-state index in [4.69, 9.17) is 0 Å². The van der Waals surface area contributed by atoms with Gasteiger partial charge in [0, 0.05) is 29.7 Å². The lowest BCUT2D eigenvalue weighted by molar-refractivity contribution is 0.241. The van der Waals surface area contributed by atoms with Crippen molar-refractivity contribution in [2.45, 2.75) is 19.8 Å². The Bertz CT molecular complexity index is 872. The minimum Gasteiger partial charge on any atom is -0.358 e. The number of urea groups is 1. The van der Waals surface area contributed by atoms with Gasteiger partial charge >= 0.3 is 6.03 Å². The molecule has 0 saturated carbocycles. The van der Waals surface area contributed by atoms with Crippen molar-refractivity contribution in [3.63, 3.8) is 0 Å². The Labute approximate surface area is 146 Å². The summed E-state index contributed by atoms with van der Waals surface area (Å²) in [5.41, 5.74) is 4.36. The number of hydrogen-bond acceptors (Lipinski definition) is 1. The molecule has 3 rings (SSSR count). The van der Waals surface area contributed by atoms with Crippen LogP contribution in [0.4, 0.5) is 9.18 Å². The molecule has 0 unspecified atom stereocenters. The number of benzene rings is 2. The van der Waals surface area contributed by atoms with Gasteiger partial charge in [0.1, 0.15) is 5.82 Å². The second-order valence-electron chi connectivity index (χ2n) is 6.09. The van der Waals surface area contributed by atoms with Crippen molar-refractivity contribution >= 4 is 16.9 Å². The lowest BCUT2D eigenvalue weighted by atomic mass is 10.1. The molecule has 0 aliphatic heterocycles. The van der Waals surface area contributed by atoms with Crippen LogP contribution in [0.2, 0.25) is 0 Å². The van der Waals surface area contributed by atoms with Crippen molar-refractivity contribution in [1.29, 1.82) is 0 Å². The Hall–Kier alpha value is -2.82. The molecule has 0 saturated heterocycles. The zero-order valence-corrected chi connectivity index (χ0v) is 14.2. The van der Waals surface area contributed by atoms with Crippen LogP contribution in [0.25, 0.3) is 10.9 Å². The van der Waals surface area contributed by atoms with Crippen molar-refractivity contribution < 1.29 is 9.18 Å². The van der Waals surface area contributed by atoms with Crippen LogP contribution in [-0.2, 0) is 12.8 Å². The van der Waals surface area contributed by atoms with Crippen LogP contribution in [0.5, 0.6) is 0 Å². The number of nitrogens with one attached hydrogen (secondary N) is 3. The molecule has 0 aliphatic carbocycles. The van der Waals surface area contributed by atoms with Crippen LogP contribution in [0.15, 0.2) is 48.5 Å². The van der Waals surface area contributed by atoms with Crippen LogP contribution >= 0.6 is 0 Å². The SMILES string of the molecule is Cc1[nH]c2ccccc2c1CCNC(=O)NCCc1cccc(F)c1. The number of carbonyl (C=O) groups excluding carboxylic acids is 1. The maximum absolute atomic E-state index is 13.1. The fourth-order valence-corrected chi connectivity index (χ4v) is 3.03. The number of H-pyrrole nitrogens is 1. The van der Waals surface area contributed by atoms with Gasteiger partial charge < -0.3 is 15.6 Å². The first-order valence-corrected chi connectivity index (χ1v) is 8.46. The topological polar surface area (TPSA) is 56.9 Å². The minimum absolute atomic E-state index is 0.200. The summed E-state index contributed by atoms with van der Waals surface area (Å²) >= 11 is 0. The molecule has 1 aromatic heterocycles. The van der Waals surface area contributed by atoms with E-state index in [0.717, 1.165) is 23.2 Å². The lowest BCUT2D eigenvalue weighted by Gasteiger charge is -2.08. The Morgan fingerprint density at radius 3 is 2.60 bits per heavy atom. The van der Waals surface area contributed by atoms with Crippen LogP contribution in [0.1, 0.15) is 16.8 Å². The van der Waals surface area contributed by atoms with E-state index in [0.29, 0.717) is 19.5 Å². The van der Waals surface area contributed by atoms with E-state index in [1.807, 2.05) is 25.1 Å². The van der Waals surface area contributed by atoms with Gasteiger partial charge in [0.2, 0.25) is 0 Å². The first-order valence-electron chi connectivity index (χ1n) is 8.46. The standard InChI is InChI=1S/C20H22FN3O/c1-14-17(18-7-2-3-8-19(18)24-14)10-12-23-20(25)22-11-9-15-5-4-6-16(21)13-15/h2-8,13,24H,9-12H2,1H3,(H2,22,23,25). The quantitative estimate of drug-likeness (QED) is 0.630. The summed E-state index contributed by atoms with van der Waals surface area (Å²) in [4.78, 5) is 15.2. The van der Waals surface area contributed by atoms with Gasteiger partial charge in [-0.25, -0.2) is 9.18 Å². The zero-order valence-electron chi connectivity index (χ0n) is 14.2. The van der Waals surface area contributed by atoms with Crippen molar-refractivity contribution in [2.75, 3.05) is 13.1 Å². The molecule has 0 radical (unpaired) electrons. The van der Waals surface area contributed by atoms with Gasteiger partial charge in [-0.2, -0.15) is 0 Å². The number of aromatic amines is 1. The van der Waals surface area contributed by atoms with E-state index in [2.05, 4.69) is 27.8 Å². The summed E-state index contributed by atoms with van der Waals surface area (Å²) in [5, 5.41) is 6.88. The third-order valence-electron chi connectivity index (χ3n) is 4.28. The van der Waals surface area contributed by atoms with Crippen molar-refractivity contribution in [2.24, 2.45) is 0 Å². The van der Waals surface area contributed by atoms with Gasteiger partial charge in [-0.3, -0.25) is 0 Å². The molecule has 1 heterocycles. The summed E-state index contributed by atoms with van der Waals surface area (Å²) in [7, 11) is 0. The second-order valence-corrected chi connectivity index (χ2v) is 6.09. The van der Waals surface area contributed by atoms with Gasteiger partial charge in [-0.1, -0.05) is 30.3 Å². The van der Waals surface area contributed by atoms with E-state index in [1.165, 1.54) is 23.1 Å². The lowest BCUT2D eigenvalue weighted by Crippen LogP contribution is -2.37. The molecule has 3 N–H and O–H groups in total.